The lowest BCUT2D eigenvalue weighted by molar-refractivity contribution is -0.139. The van der Waals surface area contributed by atoms with Crippen molar-refractivity contribution in [1.82, 2.24) is 10.2 Å². The highest BCUT2D eigenvalue weighted by Gasteiger charge is 2.36. The molecule has 0 amide bonds. The molecule has 0 bridgehead atoms. The minimum atomic E-state index is -0.715. The molecule has 2 saturated carbocycles. The summed E-state index contributed by atoms with van der Waals surface area (Å²) in [7, 11) is 0. The zero-order chi connectivity index (χ0) is 17.2. The summed E-state index contributed by atoms with van der Waals surface area (Å²) in [5.74, 6) is 1.66. The maximum Gasteiger partial charge on any atom is 0.317 e. The molecular weight excluding hydrogens is 320 g/mol. The number of ether oxygens (including phenoxy) is 2. The Morgan fingerprint density at radius 1 is 1.20 bits per heavy atom. The average Bonchev–Trinajstić information content (AvgIpc) is 3.36. The van der Waals surface area contributed by atoms with Gasteiger partial charge >= 0.3 is 5.97 Å². The van der Waals surface area contributed by atoms with Crippen LogP contribution in [0.1, 0.15) is 31.2 Å². The third kappa shape index (κ3) is 4.25. The Kier molecular flexibility index (Phi) is 4.81. The standard InChI is InChI=1S/C19H26N2O4/c22-19(23)12-21(11-13-1-2-13)16-8-15(9-16)20-10-14-3-4-17-18(7-14)25-6-5-24-17/h3-4,7,13,15-16,20H,1-2,5-6,8-12H2,(H,22,23). The van der Waals surface area contributed by atoms with Gasteiger partial charge in [-0.15, -0.1) is 0 Å². The summed E-state index contributed by atoms with van der Waals surface area (Å²) in [4.78, 5) is 13.3. The molecule has 0 atom stereocenters. The lowest BCUT2D eigenvalue weighted by Crippen LogP contribution is -2.54. The molecule has 136 valence electrons. The van der Waals surface area contributed by atoms with E-state index in [1.54, 1.807) is 0 Å². The summed E-state index contributed by atoms with van der Waals surface area (Å²) >= 11 is 0. The Morgan fingerprint density at radius 2 is 1.96 bits per heavy atom. The fourth-order valence-corrected chi connectivity index (χ4v) is 3.66. The van der Waals surface area contributed by atoms with Crippen LogP contribution >= 0.6 is 0 Å². The number of hydrogen-bond acceptors (Lipinski definition) is 5. The van der Waals surface area contributed by atoms with Crippen molar-refractivity contribution in [3.05, 3.63) is 23.8 Å². The number of nitrogens with one attached hydrogen (secondary N) is 1. The summed E-state index contributed by atoms with van der Waals surface area (Å²) in [5.41, 5.74) is 1.19. The van der Waals surface area contributed by atoms with Gasteiger partial charge in [0.1, 0.15) is 13.2 Å². The van der Waals surface area contributed by atoms with Crippen molar-refractivity contribution in [1.29, 1.82) is 0 Å². The van der Waals surface area contributed by atoms with Crippen LogP contribution in [0.3, 0.4) is 0 Å². The van der Waals surface area contributed by atoms with Crippen LogP contribution in [0.25, 0.3) is 0 Å². The van der Waals surface area contributed by atoms with Crippen molar-refractivity contribution < 1.29 is 19.4 Å². The van der Waals surface area contributed by atoms with E-state index in [0.717, 1.165) is 43.3 Å². The number of fused-ring (bicyclic) bond motifs is 1. The fraction of sp³-hybridized carbons (Fsp3) is 0.632. The molecule has 2 aliphatic carbocycles. The van der Waals surface area contributed by atoms with Gasteiger partial charge in [-0.3, -0.25) is 9.69 Å². The minimum Gasteiger partial charge on any atom is -0.486 e. The first-order valence-corrected chi connectivity index (χ1v) is 9.25. The van der Waals surface area contributed by atoms with Crippen molar-refractivity contribution in [3.8, 4) is 11.5 Å². The highest BCUT2D eigenvalue weighted by Crippen LogP contribution is 2.34. The van der Waals surface area contributed by atoms with Crippen molar-refractivity contribution in [2.24, 2.45) is 5.92 Å². The van der Waals surface area contributed by atoms with Crippen LogP contribution < -0.4 is 14.8 Å². The average molecular weight is 346 g/mol. The molecule has 1 aromatic carbocycles. The first-order chi connectivity index (χ1) is 12.2. The lowest BCUT2D eigenvalue weighted by Gasteiger charge is -2.43. The number of benzene rings is 1. The molecule has 2 fully saturated rings. The van der Waals surface area contributed by atoms with Crippen LogP contribution in [0.2, 0.25) is 0 Å². The monoisotopic (exact) mass is 346 g/mol. The number of carbonyl (C=O) groups is 1. The zero-order valence-electron chi connectivity index (χ0n) is 14.4. The summed E-state index contributed by atoms with van der Waals surface area (Å²) in [6, 6.07) is 6.96. The molecular formula is C19H26N2O4. The van der Waals surface area contributed by atoms with Crippen LogP contribution in [0, 0.1) is 5.92 Å². The number of hydrogen-bond donors (Lipinski definition) is 2. The summed E-state index contributed by atoms with van der Waals surface area (Å²) in [6.07, 6.45) is 4.58. The van der Waals surface area contributed by atoms with Crippen molar-refractivity contribution in [2.75, 3.05) is 26.3 Å². The van der Waals surface area contributed by atoms with E-state index in [1.165, 1.54) is 18.4 Å². The molecule has 1 aliphatic heterocycles. The number of carboxylic acids is 1. The van der Waals surface area contributed by atoms with E-state index in [1.807, 2.05) is 12.1 Å². The first kappa shape index (κ1) is 16.7. The third-order valence-corrected chi connectivity index (χ3v) is 5.36. The van der Waals surface area contributed by atoms with E-state index < -0.39 is 5.97 Å². The molecule has 2 N–H and O–H groups in total. The Balaban J connectivity index is 1.24. The topological polar surface area (TPSA) is 71.0 Å². The first-order valence-electron chi connectivity index (χ1n) is 9.25. The molecule has 0 aromatic heterocycles. The normalized spacial score (nSPS) is 24.8. The largest absolute Gasteiger partial charge is 0.486 e. The van der Waals surface area contributed by atoms with Gasteiger partial charge in [-0.25, -0.2) is 0 Å². The summed E-state index contributed by atoms with van der Waals surface area (Å²) < 4.78 is 11.2. The molecule has 6 nitrogen and oxygen atoms in total. The summed E-state index contributed by atoms with van der Waals surface area (Å²) in [6.45, 7) is 3.15. The minimum absolute atomic E-state index is 0.177. The highest BCUT2D eigenvalue weighted by atomic mass is 16.6. The molecule has 4 rings (SSSR count). The van der Waals surface area contributed by atoms with Gasteiger partial charge in [0.15, 0.2) is 11.5 Å². The number of aliphatic carboxylic acids is 1. The maximum absolute atomic E-state index is 11.1. The van der Waals surface area contributed by atoms with Crippen molar-refractivity contribution in [3.63, 3.8) is 0 Å². The van der Waals surface area contributed by atoms with Crippen LogP contribution in [-0.4, -0.2) is 54.4 Å². The van der Waals surface area contributed by atoms with Gasteiger partial charge in [0.05, 0.1) is 6.54 Å². The number of nitrogens with zero attached hydrogens (tertiary/aromatic N) is 1. The van der Waals surface area contributed by atoms with Gasteiger partial charge in [-0.1, -0.05) is 6.07 Å². The van der Waals surface area contributed by atoms with Crippen LogP contribution in [0.5, 0.6) is 11.5 Å². The number of rotatable bonds is 8. The Bertz CT molecular complexity index is 626. The SMILES string of the molecule is O=C(O)CN(CC1CC1)C1CC(NCc2ccc3c(c2)OCCO3)C1. The van der Waals surface area contributed by atoms with Gasteiger partial charge in [-0.05, 0) is 49.3 Å². The highest BCUT2D eigenvalue weighted by molar-refractivity contribution is 5.69. The second-order valence-electron chi connectivity index (χ2n) is 7.45. The number of carboxylic acid groups (broad SMARTS) is 1. The molecule has 0 spiro atoms. The smallest absolute Gasteiger partial charge is 0.317 e. The predicted molar refractivity (Wildman–Crippen MR) is 93.0 cm³/mol. The van der Waals surface area contributed by atoms with E-state index in [-0.39, 0.29) is 6.54 Å². The Morgan fingerprint density at radius 3 is 2.68 bits per heavy atom. The van der Waals surface area contributed by atoms with E-state index >= 15 is 0 Å². The second kappa shape index (κ2) is 7.22. The summed E-state index contributed by atoms with van der Waals surface area (Å²) in [5, 5.41) is 12.7. The maximum atomic E-state index is 11.1. The second-order valence-corrected chi connectivity index (χ2v) is 7.45. The lowest BCUT2D eigenvalue weighted by atomic mass is 9.85. The van der Waals surface area contributed by atoms with Gasteiger partial charge < -0.3 is 19.9 Å². The van der Waals surface area contributed by atoms with Crippen LogP contribution in [0.15, 0.2) is 18.2 Å². The molecule has 0 saturated heterocycles. The Hall–Kier alpha value is -1.79. The third-order valence-electron chi connectivity index (χ3n) is 5.36. The molecule has 0 radical (unpaired) electrons. The van der Waals surface area contributed by atoms with E-state index in [0.29, 0.717) is 25.3 Å². The van der Waals surface area contributed by atoms with Crippen molar-refractivity contribution >= 4 is 5.97 Å². The van der Waals surface area contributed by atoms with Crippen LogP contribution in [-0.2, 0) is 11.3 Å². The molecule has 1 aromatic rings. The van der Waals surface area contributed by atoms with E-state index in [9.17, 15) is 4.79 Å². The zero-order valence-corrected chi connectivity index (χ0v) is 14.4. The molecule has 25 heavy (non-hydrogen) atoms. The van der Waals surface area contributed by atoms with Gasteiger partial charge in [-0.2, -0.15) is 0 Å². The van der Waals surface area contributed by atoms with E-state index in [4.69, 9.17) is 14.6 Å². The fourth-order valence-electron chi connectivity index (χ4n) is 3.66. The molecule has 6 heteroatoms. The van der Waals surface area contributed by atoms with Crippen molar-refractivity contribution in [2.45, 2.75) is 44.3 Å². The van der Waals surface area contributed by atoms with E-state index in [2.05, 4.69) is 16.3 Å². The van der Waals surface area contributed by atoms with Gasteiger partial charge in [0.25, 0.3) is 0 Å². The molecule has 3 aliphatic rings. The quantitative estimate of drug-likeness (QED) is 0.749. The van der Waals surface area contributed by atoms with Gasteiger partial charge in [0, 0.05) is 25.2 Å². The molecule has 1 heterocycles. The predicted octanol–water partition coefficient (Wildman–Crippen LogP) is 1.87. The molecule has 0 unspecified atom stereocenters. The van der Waals surface area contributed by atoms with Gasteiger partial charge in [0.2, 0.25) is 0 Å². The van der Waals surface area contributed by atoms with Crippen LogP contribution in [0.4, 0.5) is 0 Å². The Labute approximate surface area is 148 Å².